The van der Waals surface area contributed by atoms with Gasteiger partial charge in [0.2, 0.25) is 5.91 Å². The van der Waals surface area contributed by atoms with Crippen molar-refractivity contribution in [3.05, 3.63) is 23.8 Å². The minimum Gasteiger partial charge on any atom is -0.504 e. The van der Waals surface area contributed by atoms with Crippen LogP contribution >= 0.6 is 0 Å². The molecule has 19 heavy (non-hydrogen) atoms. The summed E-state index contributed by atoms with van der Waals surface area (Å²) in [5.74, 6) is -0.368. The second-order valence-electron chi connectivity index (χ2n) is 3.88. The fourth-order valence-corrected chi connectivity index (χ4v) is 1.59. The first kappa shape index (κ1) is 14.8. The van der Waals surface area contributed by atoms with Gasteiger partial charge in [-0.3, -0.25) is 9.59 Å². The predicted molar refractivity (Wildman–Crippen MR) is 70.3 cm³/mol. The lowest BCUT2D eigenvalue weighted by atomic mass is 10.1. The number of nitrogens with one attached hydrogen (secondary N) is 1. The number of rotatable bonds is 5. The summed E-state index contributed by atoms with van der Waals surface area (Å²) in [4.78, 5) is 24.9. The van der Waals surface area contributed by atoms with Gasteiger partial charge in [0.05, 0.1) is 13.7 Å². The van der Waals surface area contributed by atoms with Gasteiger partial charge >= 0.3 is 0 Å². The second kappa shape index (κ2) is 6.63. The van der Waals surface area contributed by atoms with Gasteiger partial charge in [-0.2, -0.15) is 0 Å². The van der Waals surface area contributed by atoms with E-state index < -0.39 is 0 Å². The largest absolute Gasteiger partial charge is 0.504 e. The summed E-state index contributed by atoms with van der Waals surface area (Å²) in [5.41, 5.74) is 0.309. The monoisotopic (exact) mass is 266 g/mol. The zero-order valence-electron chi connectivity index (χ0n) is 11.3. The van der Waals surface area contributed by atoms with Gasteiger partial charge in [0.15, 0.2) is 11.5 Å². The van der Waals surface area contributed by atoms with Gasteiger partial charge in [-0.1, -0.05) is 0 Å². The van der Waals surface area contributed by atoms with Crippen LogP contribution in [-0.2, 0) is 4.79 Å². The molecule has 0 radical (unpaired) electrons. The molecule has 0 aromatic heterocycles. The van der Waals surface area contributed by atoms with Crippen LogP contribution in [0.1, 0.15) is 17.3 Å². The molecular formula is C13H18N2O4. The molecule has 0 atom stereocenters. The van der Waals surface area contributed by atoms with Crippen LogP contribution in [0.2, 0.25) is 0 Å². The maximum absolute atomic E-state index is 12.2. The minimum absolute atomic E-state index is 0.0153. The first-order valence-electron chi connectivity index (χ1n) is 5.90. The van der Waals surface area contributed by atoms with Crippen molar-refractivity contribution in [2.75, 3.05) is 27.2 Å². The lowest BCUT2D eigenvalue weighted by molar-refractivity contribution is -0.121. The molecule has 0 aliphatic carbocycles. The number of nitrogens with zero attached hydrogens (tertiary/aromatic N) is 1. The zero-order chi connectivity index (χ0) is 14.4. The lowest BCUT2D eigenvalue weighted by Crippen LogP contribution is -2.39. The summed E-state index contributed by atoms with van der Waals surface area (Å²) in [6.07, 6.45) is 0. The normalized spacial score (nSPS) is 9.84. The van der Waals surface area contributed by atoms with Crippen molar-refractivity contribution in [1.29, 1.82) is 0 Å². The Morgan fingerprint density at radius 3 is 2.58 bits per heavy atom. The van der Waals surface area contributed by atoms with Gasteiger partial charge in [0.1, 0.15) is 0 Å². The molecule has 0 saturated heterocycles. The maximum atomic E-state index is 12.2. The Kier molecular flexibility index (Phi) is 5.17. The number of ether oxygens (including phenoxy) is 1. The standard InChI is InChI=1S/C13H18N2O4/c1-4-15(8-12(17)14-2)13(18)9-5-6-11(19-3)10(16)7-9/h5-7,16H,4,8H2,1-3H3,(H,14,17). The van der Waals surface area contributed by atoms with E-state index in [1.54, 1.807) is 13.0 Å². The summed E-state index contributed by atoms with van der Waals surface area (Å²) < 4.78 is 4.91. The Labute approximate surface area is 112 Å². The number of carbonyl (C=O) groups is 2. The van der Waals surface area contributed by atoms with E-state index in [9.17, 15) is 14.7 Å². The SMILES string of the molecule is CCN(CC(=O)NC)C(=O)c1ccc(OC)c(O)c1. The minimum atomic E-state index is -0.316. The molecule has 0 aliphatic rings. The molecule has 0 heterocycles. The lowest BCUT2D eigenvalue weighted by Gasteiger charge is -2.20. The van der Waals surface area contributed by atoms with Crippen LogP contribution in [0.5, 0.6) is 11.5 Å². The number of likely N-dealkylation sites (N-methyl/N-ethyl adjacent to an activating group) is 2. The summed E-state index contributed by atoms with van der Waals surface area (Å²) in [5, 5.41) is 12.1. The van der Waals surface area contributed by atoms with Crippen LogP contribution in [0.3, 0.4) is 0 Å². The maximum Gasteiger partial charge on any atom is 0.254 e. The summed E-state index contributed by atoms with van der Waals surface area (Å²) in [6.45, 7) is 2.17. The molecule has 0 aliphatic heterocycles. The predicted octanol–water partition coefficient (Wildman–Crippen LogP) is 0.609. The van der Waals surface area contributed by atoms with Gasteiger partial charge in [0.25, 0.3) is 5.91 Å². The zero-order valence-corrected chi connectivity index (χ0v) is 11.3. The van der Waals surface area contributed by atoms with Crippen LogP contribution in [-0.4, -0.2) is 49.1 Å². The number of phenols is 1. The molecule has 6 nitrogen and oxygen atoms in total. The fraction of sp³-hybridized carbons (Fsp3) is 0.385. The van der Waals surface area contributed by atoms with Crippen molar-refractivity contribution in [3.63, 3.8) is 0 Å². The molecule has 0 spiro atoms. The number of phenolic OH excluding ortho intramolecular Hbond substituents is 1. The van der Waals surface area contributed by atoms with Crippen molar-refractivity contribution in [2.45, 2.75) is 6.92 Å². The molecule has 1 aromatic carbocycles. The topological polar surface area (TPSA) is 78.9 Å². The van der Waals surface area contributed by atoms with Crippen LogP contribution < -0.4 is 10.1 Å². The van der Waals surface area contributed by atoms with Crippen molar-refractivity contribution in [2.24, 2.45) is 0 Å². The summed E-state index contributed by atoms with van der Waals surface area (Å²) >= 11 is 0. The van der Waals surface area contributed by atoms with E-state index in [0.29, 0.717) is 17.9 Å². The van der Waals surface area contributed by atoms with Gasteiger partial charge in [0, 0.05) is 19.2 Å². The average Bonchev–Trinajstić information content (AvgIpc) is 2.43. The van der Waals surface area contributed by atoms with Crippen molar-refractivity contribution >= 4 is 11.8 Å². The molecule has 2 N–H and O–H groups in total. The first-order chi connectivity index (χ1) is 9.03. The molecule has 6 heteroatoms. The van der Waals surface area contributed by atoms with Crippen molar-refractivity contribution in [1.82, 2.24) is 10.2 Å². The third kappa shape index (κ3) is 3.61. The van der Waals surface area contributed by atoms with Crippen LogP contribution in [0.15, 0.2) is 18.2 Å². The highest BCUT2D eigenvalue weighted by molar-refractivity contribution is 5.97. The van der Waals surface area contributed by atoms with Crippen molar-refractivity contribution < 1.29 is 19.4 Å². The number of methoxy groups -OCH3 is 1. The van der Waals surface area contributed by atoms with E-state index in [4.69, 9.17) is 4.74 Å². The van der Waals surface area contributed by atoms with Gasteiger partial charge in [-0.15, -0.1) is 0 Å². The number of aromatic hydroxyl groups is 1. The number of hydrogen-bond donors (Lipinski definition) is 2. The van der Waals surface area contributed by atoms with Crippen LogP contribution in [0, 0.1) is 0 Å². The fourth-order valence-electron chi connectivity index (χ4n) is 1.59. The first-order valence-corrected chi connectivity index (χ1v) is 5.90. The molecule has 0 fully saturated rings. The van der Waals surface area contributed by atoms with E-state index in [-0.39, 0.29) is 24.1 Å². The molecule has 0 saturated carbocycles. The second-order valence-corrected chi connectivity index (χ2v) is 3.88. The molecule has 2 amide bonds. The smallest absolute Gasteiger partial charge is 0.254 e. The Bertz CT molecular complexity index is 474. The average molecular weight is 266 g/mol. The Morgan fingerprint density at radius 2 is 2.11 bits per heavy atom. The Balaban J connectivity index is 2.91. The van der Waals surface area contributed by atoms with Crippen LogP contribution in [0.25, 0.3) is 0 Å². The van der Waals surface area contributed by atoms with E-state index >= 15 is 0 Å². The Morgan fingerprint density at radius 1 is 1.42 bits per heavy atom. The number of benzene rings is 1. The molecule has 0 unspecified atom stereocenters. The van der Waals surface area contributed by atoms with E-state index in [2.05, 4.69) is 5.32 Å². The number of hydrogen-bond acceptors (Lipinski definition) is 4. The third-order valence-electron chi connectivity index (χ3n) is 2.71. The quantitative estimate of drug-likeness (QED) is 0.818. The highest BCUT2D eigenvalue weighted by atomic mass is 16.5. The van der Waals surface area contributed by atoms with E-state index in [1.165, 1.54) is 31.2 Å². The Hall–Kier alpha value is -2.24. The summed E-state index contributed by atoms with van der Waals surface area (Å²) in [7, 11) is 2.94. The van der Waals surface area contributed by atoms with Gasteiger partial charge in [-0.25, -0.2) is 0 Å². The molecule has 1 rings (SSSR count). The van der Waals surface area contributed by atoms with E-state index in [0.717, 1.165) is 0 Å². The summed E-state index contributed by atoms with van der Waals surface area (Å²) in [6, 6.07) is 4.39. The highest BCUT2D eigenvalue weighted by Crippen LogP contribution is 2.26. The van der Waals surface area contributed by atoms with Crippen LogP contribution in [0.4, 0.5) is 0 Å². The molecular weight excluding hydrogens is 248 g/mol. The van der Waals surface area contributed by atoms with Gasteiger partial charge in [-0.05, 0) is 25.1 Å². The number of carbonyl (C=O) groups excluding carboxylic acids is 2. The number of amides is 2. The highest BCUT2D eigenvalue weighted by Gasteiger charge is 2.18. The third-order valence-corrected chi connectivity index (χ3v) is 2.71. The van der Waals surface area contributed by atoms with Gasteiger partial charge < -0.3 is 20.1 Å². The molecule has 0 bridgehead atoms. The molecule has 104 valence electrons. The molecule has 1 aromatic rings. The van der Waals surface area contributed by atoms with E-state index in [1.807, 2.05) is 0 Å². The van der Waals surface area contributed by atoms with Crippen molar-refractivity contribution in [3.8, 4) is 11.5 Å².